The minimum Gasteiger partial charge on any atom is -0.373 e. The molecule has 0 radical (unpaired) electrons. The number of anilines is 2. The lowest BCUT2D eigenvalue weighted by atomic mass is 9.97. The molecule has 2 heterocycles. The summed E-state index contributed by atoms with van der Waals surface area (Å²) in [7, 11) is -0.793. The normalized spacial score (nSPS) is 15.8. The average molecular weight is 459 g/mol. The van der Waals surface area contributed by atoms with Gasteiger partial charge in [0.1, 0.15) is 15.7 Å². The molecule has 1 saturated heterocycles. The fourth-order valence-electron chi connectivity index (χ4n) is 3.37. The quantitative estimate of drug-likeness (QED) is 0.696. The van der Waals surface area contributed by atoms with Gasteiger partial charge in [-0.15, -0.1) is 0 Å². The molecule has 11 heteroatoms. The number of pyridine rings is 1. The first-order valence-electron chi connectivity index (χ1n) is 9.19. The Morgan fingerprint density at radius 2 is 1.83 bits per heavy atom. The molecule has 0 saturated carbocycles. The molecule has 0 unspecified atom stereocenters. The Kier molecular flexibility index (Phi) is 6.59. The zero-order valence-corrected chi connectivity index (χ0v) is 18.0. The zero-order valence-electron chi connectivity index (χ0n) is 16.4. The van der Waals surface area contributed by atoms with Crippen LogP contribution >= 0.6 is 11.6 Å². The van der Waals surface area contributed by atoms with Crippen molar-refractivity contribution in [3.05, 3.63) is 47.2 Å². The van der Waals surface area contributed by atoms with Crippen LogP contribution < -0.4 is 10.2 Å². The van der Waals surface area contributed by atoms with Gasteiger partial charge < -0.3 is 10.2 Å². The SMILES string of the molecule is CN(C)c1c(F)cc(NC(=O)C2CCN(S(=O)(=O)c3cccnc3Cl)CC2)cc1F. The Bertz CT molecular complexity index is 1030. The maximum Gasteiger partial charge on any atom is 0.246 e. The molecule has 30 heavy (non-hydrogen) atoms. The van der Waals surface area contributed by atoms with Crippen molar-refractivity contribution in [3.63, 3.8) is 0 Å². The summed E-state index contributed by atoms with van der Waals surface area (Å²) in [4.78, 5) is 17.5. The van der Waals surface area contributed by atoms with Crippen molar-refractivity contribution in [2.75, 3.05) is 37.4 Å². The third-order valence-corrected chi connectivity index (χ3v) is 7.24. The first-order valence-corrected chi connectivity index (χ1v) is 11.0. The number of carbonyl (C=O) groups excluding carboxylic acids is 1. The minimum absolute atomic E-state index is 0.0118. The van der Waals surface area contributed by atoms with Gasteiger partial charge in [0.25, 0.3) is 0 Å². The zero-order chi connectivity index (χ0) is 22.1. The van der Waals surface area contributed by atoms with E-state index in [-0.39, 0.29) is 47.4 Å². The van der Waals surface area contributed by atoms with E-state index in [4.69, 9.17) is 11.6 Å². The van der Waals surface area contributed by atoms with Crippen LogP contribution in [0.2, 0.25) is 5.15 Å². The van der Waals surface area contributed by atoms with E-state index in [9.17, 15) is 22.0 Å². The molecule has 1 aliphatic rings. The van der Waals surface area contributed by atoms with Crippen LogP contribution in [0.4, 0.5) is 20.2 Å². The molecule has 1 fully saturated rings. The van der Waals surface area contributed by atoms with E-state index in [1.54, 1.807) is 0 Å². The smallest absolute Gasteiger partial charge is 0.246 e. The fraction of sp³-hybridized carbons (Fsp3) is 0.368. The van der Waals surface area contributed by atoms with Crippen LogP contribution in [0.25, 0.3) is 0 Å². The molecule has 2 aromatic rings. The monoisotopic (exact) mass is 458 g/mol. The lowest BCUT2D eigenvalue weighted by Crippen LogP contribution is -2.41. The molecular formula is C19H21ClF2N4O3S. The topological polar surface area (TPSA) is 82.6 Å². The van der Waals surface area contributed by atoms with Gasteiger partial charge in [-0.2, -0.15) is 4.31 Å². The maximum atomic E-state index is 14.1. The van der Waals surface area contributed by atoms with E-state index in [0.717, 1.165) is 12.1 Å². The molecule has 1 N–H and O–H groups in total. The maximum absolute atomic E-state index is 14.1. The van der Waals surface area contributed by atoms with E-state index in [0.29, 0.717) is 0 Å². The number of benzene rings is 1. The highest BCUT2D eigenvalue weighted by atomic mass is 35.5. The van der Waals surface area contributed by atoms with Crippen molar-refractivity contribution in [1.82, 2.24) is 9.29 Å². The number of sulfonamides is 1. The minimum atomic E-state index is -3.82. The molecule has 0 bridgehead atoms. The summed E-state index contributed by atoms with van der Waals surface area (Å²) < 4.78 is 55.0. The van der Waals surface area contributed by atoms with Gasteiger partial charge in [0.2, 0.25) is 15.9 Å². The number of piperidine rings is 1. The Labute approximate surface area is 178 Å². The summed E-state index contributed by atoms with van der Waals surface area (Å²) in [6, 6.07) is 4.98. The second kappa shape index (κ2) is 8.83. The number of carbonyl (C=O) groups is 1. The Hall–Kier alpha value is -2.30. The number of aromatic nitrogens is 1. The summed E-state index contributed by atoms with van der Waals surface area (Å²) in [5, 5.41) is 2.41. The molecule has 1 amide bonds. The largest absolute Gasteiger partial charge is 0.373 e. The van der Waals surface area contributed by atoms with Crippen LogP contribution in [0.15, 0.2) is 35.4 Å². The third-order valence-electron chi connectivity index (χ3n) is 4.90. The Morgan fingerprint density at radius 1 is 1.23 bits per heavy atom. The van der Waals surface area contributed by atoms with Crippen LogP contribution in [-0.4, -0.2) is 50.8 Å². The highest BCUT2D eigenvalue weighted by Gasteiger charge is 2.33. The molecule has 162 valence electrons. The van der Waals surface area contributed by atoms with E-state index >= 15 is 0 Å². The Morgan fingerprint density at radius 3 is 2.37 bits per heavy atom. The summed E-state index contributed by atoms with van der Waals surface area (Å²) in [5.74, 6) is -2.47. The number of hydrogen-bond donors (Lipinski definition) is 1. The van der Waals surface area contributed by atoms with E-state index < -0.39 is 33.5 Å². The molecule has 1 aliphatic heterocycles. The first kappa shape index (κ1) is 22.4. The third kappa shape index (κ3) is 4.55. The van der Waals surface area contributed by atoms with Crippen molar-refractivity contribution >= 4 is 38.9 Å². The molecule has 0 atom stereocenters. The molecule has 0 spiro atoms. The van der Waals surface area contributed by atoms with Crippen molar-refractivity contribution in [2.24, 2.45) is 5.92 Å². The summed E-state index contributed by atoms with van der Waals surface area (Å²) in [6.45, 7) is 0.238. The van der Waals surface area contributed by atoms with E-state index in [1.165, 1.54) is 41.6 Å². The standard InChI is InChI=1S/C19H21ClF2N4O3S/c1-25(2)17-14(21)10-13(11-15(17)22)24-19(27)12-5-8-26(9-6-12)30(28,29)16-4-3-7-23-18(16)20/h3-4,7,10-12H,5-6,8-9H2,1-2H3,(H,24,27). The van der Waals surface area contributed by atoms with Crippen molar-refractivity contribution in [2.45, 2.75) is 17.7 Å². The summed E-state index contributed by atoms with van der Waals surface area (Å²) >= 11 is 5.91. The number of halogens is 3. The van der Waals surface area contributed by atoms with Crippen LogP contribution in [0.5, 0.6) is 0 Å². The van der Waals surface area contributed by atoms with Gasteiger partial charge in [0, 0.05) is 45.0 Å². The molecule has 0 aliphatic carbocycles. The van der Waals surface area contributed by atoms with Crippen LogP contribution in [-0.2, 0) is 14.8 Å². The summed E-state index contributed by atoms with van der Waals surface area (Å²) in [5.41, 5.74) is -0.182. The lowest BCUT2D eigenvalue weighted by molar-refractivity contribution is -0.120. The van der Waals surface area contributed by atoms with E-state index in [1.807, 2.05) is 0 Å². The van der Waals surface area contributed by atoms with Gasteiger partial charge >= 0.3 is 0 Å². The van der Waals surface area contributed by atoms with Crippen LogP contribution in [0.1, 0.15) is 12.8 Å². The predicted octanol–water partition coefficient (Wildman–Crippen LogP) is 3.12. The molecule has 7 nitrogen and oxygen atoms in total. The molecule has 1 aromatic carbocycles. The molecular weight excluding hydrogens is 438 g/mol. The number of hydrogen-bond acceptors (Lipinski definition) is 5. The van der Waals surface area contributed by atoms with Crippen molar-refractivity contribution < 1.29 is 22.0 Å². The van der Waals surface area contributed by atoms with Crippen molar-refractivity contribution in [1.29, 1.82) is 0 Å². The fourth-order valence-corrected chi connectivity index (χ4v) is 5.27. The van der Waals surface area contributed by atoms with Gasteiger partial charge in [-0.3, -0.25) is 4.79 Å². The number of nitrogens with zero attached hydrogens (tertiary/aromatic N) is 3. The molecule has 3 rings (SSSR count). The number of amides is 1. The van der Waals surface area contributed by atoms with Gasteiger partial charge in [-0.25, -0.2) is 22.2 Å². The predicted molar refractivity (Wildman–Crippen MR) is 110 cm³/mol. The second-order valence-corrected chi connectivity index (χ2v) is 9.41. The van der Waals surface area contributed by atoms with Crippen LogP contribution in [0, 0.1) is 17.6 Å². The Balaban J connectivity index is 1.66. The number of rotatable bonds is 5. The summed E-state index contributed by atoms with van der Waals surface area (Å²) in [6.07, 6.45) is 1.93. The number of nitrogens with one attached hydrogen (secondary N) is 1. The van der Waals surface area contributed by atoms with Crippen molar-refractivity contribution in [3.8, 4) is 0 Å². The first-order chi connectivity index (χ1) is 14.1. The average Bonchev–Trinajstić information content (AvgIpc) is 2.67. The molecule has 1 aromatic heterocycles. The highest BCUT2D eigenvalue weighted by molar-refractivity contribution is 7.89. The van der Waals surface area contributed by atoms with Crippen LogP contribution in [0.3, 0.4) is 0 Å². The van der Waals surface area contributed by atoms with Gasteiger partial charge in [-0.05, 0) is 37.1 Å². The van der Waals surface area contributed by atoms with Gasteiger partial charge in [-0.1, -0.05) is 11.6 Å². The van der Waals surface area contributed by atoms with Gasteiger partial charge in [0.05, 0.1) is 0 Å². The highest BCUT2D eigenvalue weighted by Crippen LogP contribution is 2.29. The lowest BCUT2D eigenvalue weighted by Gasteiger charge is -2.30. The van der Waals surface area contributed by atoms with Gasteiger partial charge in [0.15, 0.2) is 11.6 Å². The second-order valence-electron chi connectivity index (χ2n) is 7.14. The van der Waals surface area contributed by atoms with E-state index in [2.05, 4.69) is 10.3 Å².